The zero-order chi connectivity index (χ0) is 21.1. The molecule has 0 radical (unpaired) electrons. The summed E-state index contributed by atoms with van der Waals surface area (Å²) in [6, 6.07) is 15.2. The van der Waals surface area contributed by atoms with Gasteiger partial charge in [0.05, 0.1) is 14.2 Å². The van der Waals surface area contributed by atoms with E-state index in [2.05, 4.69) is 15.3 Å². The van der Waals surface area contributed by atoms with Gasteiger partial charge in [0, 0.05) is 36.0 Å². The molecule has 3 aromatic rings. The van der Waals surface area contributed by atoms with Gasteiger partial charge < -0.3 is 25.4 Å². The molecule has 3 N–H and O–H groups in total. The van der Waals surface area contributed by atoms with E-state index in [0.29, 0.717) is 42.5 Å². The Labute approximate surface area is 174 Å². The van der Waals surface area contributed by atoms with Gasteiger partial charge >= 0.3 is 0 Å². The Morgan fingerprint density at radius 2 is 1.90 bits per heavy atom. The lowest BCUT2D eigenvalue weighted by Crippen LogP contribution is -2.38. The Hall–Kier alpha value is -3.81. The van der Waals surface area contributed by atoms with Crippen LogP contribution in [-0.4, -0.2) is 41.5 Å². The molecular weight excluding hydrogens is 382 g/mol. The van der Waals surface area contributed by atoms with Gasteiger partial charge in [0.15, 0.2) is 0 Å². The van der Waals surface area contributed by atoms with Gasteiger partial charge in [-0.25, -0.2) is 4.98 Å². The predicted octanol–water partition coefficient (Wildman–Crippen LogP) is 3.02. The molecule has 154 valence electrons. The van der Waals surface area contributed by atoms with E-state index in [1.807, 2.05) is 42.5 Å². The van der Waals surface area contributed by atoms with Gasteiger partial charge in [-0.3, -0.25) is 4.79 Å². The number of nitrogen functional groups attached to an aromatic ring is 1. The van der Waals surface area contributed by atoms with Crippen molar-refractivity contribution in [3.63, 3.8) is 0 Å². The van der Waals surface area contributed by atoms with Crippen LogP contribution in [0.15, 0.2) is 48.5 Å². The van der Waals surface area contributed by atoms with Crippen molar-refractivity contribution < 1.29 is 14.3 Å². The lowest BCUT2D eigenvalue weighted by Gasteiger charge is -2.29. The molecule has 0 saturated heterocycles. The molecule has 0 atom stereocenters. The normalized spacial score (nSPS) is 13.0. The molecule has 1 aromatic heterocycles. The van der Waals surface area contributed by atoms with Crippen molar-refractivity contribution >= 4 is 23.4 Å². The monoisotopic (exact) mass is 405 g/mol. The van der Waals surface area contributed by atoms with Gasteiger partial charge in [0.1, 0.15) is 23.0 Å². The van der Waals surface area contributed by atoms with Crippen LogP contribution >= 0.6 is 0 Å². The van der Waals surface area contributed by atoms with Crippen molar-refractivity contribution in [1.29, 1.82) is 0 Å². The van der Waals surface area contributed by atoms with Crippen molar-refractivity contribution in [3.8, 4) is 11.5 Å². The molecule has 0 fully saturated rings. The van der Waals surface area contributed by atoms with Crippen LogP contribution in [0.5, 0.6) is 11.5 Å². The molecule has 30 heavy (non-hydrogen) atoms. The molecule has 0 aliphatic carbocycles. The number of carbonyl (C=O) groups excluding carboxylic acids is 1. The molecule has 2 aromatic carbocycles. The third-order valence-corrected chi connectivity index (χ3v) is 5.04. The number of amides is 1. The highest BCUT2D eigenvalue weighted by molar-refractivity contribution is 5.96. The van der Waals surface area contributed by atoms with Crippen molar-refractivity contribution in [2.24, 2.45) is 0 Å². The maximum Gasteiger partial charge on any atom is 0.273 e. The summed E-state index contributed by atoms with van der Waals surface area (Å²) < 4.78 is 10.7. The van der Waals surface area contributed by atoms with Crippen molar-refractivity contribution in [2.45, 2.75) is 13.0 Å². The summed E-state index contributed by atoms with van der Waals surface area (Å²) in [7, 11) is 3.20. The SMILES string of the molecule is COc1ccc(CN2CCc3c(Nc4ccccc4)nc(N)nc3C2=O)c(OC)c1. The minimum atomic E-state index is -0.181. The van der Waals surface area contributed by atoms with Crippen molar-refractivity contribution in [2.75, 3.05) is 31.8 Å². The number of rotatable bonds is 6. The topological polar surface area (TPSA) is 103 Å². The molecule has 1 aliphatic rings. The quantitative estimate of drug-likeness (QED) is 0.650. The summed E-state index contributed by atoms with van der Waals surface area (Å²) >= 11 is 0. The van der Waals surface area contributed by atoms with Crippen LogP contribution in [-0.2, 0) is 13.0 Å². The summed E-state index contributed by atoms with van der Waals surface area (Å²) in [5.74, 6) is 1.81. The summed E-state index contributed by atoms with van der Waals surface area (Å²) in [6.07, 6.45) is 0.620. The molecule has 8 heteroatoms. The van der Waals surface area contributed by atoms with Crippen LogP contribution in [0.4, 0.5) is 17.5 Å². The summed E-state index contributed by atoms with van der Waals surface area (Å²) in [6.45, 7) is 0.939. The molecule has 0 spiro atoms. The highest BCUT2D eigenvalue weighted by Crippen LogP contribution is 2.30. The van der Waals surface area contributed by atoms with E-state index in [1.165, 1.54) is 0 Å². The number of carbonyl (C=O) groups is 1. The standard InChI is InChI=1S/C22H23N5O3/c1-29-16-9-8-14(18(12-16)30-2)13-27-11-10-17-19(21(27)28)25-22(23)26-20(17)24-15-6-4-3-5-7-15/h3-9,12H,10-11,13H2,1-2H3,(H3,23,24,25,26). The summed E-state index contributed by atoms with van der Waals surface area (Å²) in [4.78, 5) is 23.5. The van der Waals surface area contributed by atoms with Gasteiger partial charge in [0.2, 0.25) is 5.95 Å². The number of anilines is 3. The van der Waals surface area contributed by atoms with Crippen molar-refractivity contribution in [1.82, 2.24) is 14.9 Å². The van der Waals surface area contributed by atoms with Gasteiger partial charge in [-0.2, -0.15) is 4.98 Å². The Balaban J connectivity index is 1.61. The van der Waals surface area contributed by atoms with Gasteiger partial charge in [-0.15, -0.1) is 0 Å². The van der Waals surface area contributed by atoms with E-state index in [0.717, 1.165) is 16.8 Å². The molecule has 2 heterocycles. The first-order valence-electron chi connectivity index (χ1n) is 9.57. The molecule has 1 aliphatic heterocycles. The number of benzene rings is 2. The average Bonchev–Trinajstić information content (AvgIpc) is 2.77. The highest BCUT2D eigenvalue weighted by Gasteiger charge is 2.30. The molecule has 0 unspecified atom stereocenters. The fourth-order valence-corrected chi connectivity index (χ4v) is 3.51. The largest absolute Gasteiger partial charge is 0.497 e. The van der Waals surface area contributed by atoms with Gasteiger partial charge in [-0.1, -0.05) is 18.2 Å². The molecule has 4 rings (SSSR count). The number of nitrogens with two attached hydrogens (primary N) is 1. The number of nitrogens with one attached hydrogen (secondary N) is 1. The second kappa shape index (κ2) is 8.28. The molecule has 0 saturated carbocycles. The Morgan fingerprint density at radius 3 is 2.63 bits per heavy atom. The number of hydrogen-bond acceptors (Lipinski definition) is 7. The first kappa shape index (κ1) is 19.5. The predicted molar refractivity (Wildman–Crippen MR) is 114 cm³/mol. The van der Waals surface area contributed by atoms with E-state index < -0.39 is 0 Å². The summed E-state index contributed by atoms with van der Waals surface area (Å²) in [5, 5.41) is 3.25. The second-order valence-corrected chi connectivity index (χ2v) is 6.90. The third-order valence-electron chi connectivity index (χ3n) is 5.04. The fraction of sp³-hybridized carbons (Fsp3) is 0.227. The van der Waals surface area contributed by atoms with Gasteiger partial charge in [-0.05, 0) is 30.7 Å². The summed E-state index contributed by atoms with van der Waals surface area (Å²) in [5.41, 5.74) is 8.77. The van der Waals surface area contributed by atoms with Crippen LogP contribution in [0.2, 0.25) is 0 Å². The molecule has 8 nitrogen and oxygen atoms in total. The lowest BCUT2D eigenvalue weighted by molar-refractivity contribution is 0.0719. The van der Waals surface area contributed by atoms with Gasteiger partial charge in [0.25, 0.3) is 5.91 Å². The average molecular weight is 405 g/mol. The van der Waals surface area contributed by atoms with E-state index in [1.54, 1.807) is 25.2 Å². The highest BCUT2D eigenvalue weighted by atomic mass is 16.5. The second-order valence-electron chi connectivity index (χ2n) is 6.90. The Morgan fingerprint density at radius 1 is 1.10 bits per heavy atom. The number of fused-ring (bicyclic) bond motifs is 1. The Bertz CT molecular complexity index is 1070. The van der Waals surface area contributed by atoms with Crippen molar-refractivity contribution in [3.05, 3.63) is 65.4 Å². The van der Waals surface area contributed by atoms with E-state index in [-0.39, 0.29) is 11.9 Å². The number of nitrogens with zero attached hydrogens (tertiary/aromatic N) is 3. The van der Waals surface area contributed by atoms with Crippen LogP contribution in [0.25, 0.3) is 0 Å². The maximum atomic E-state index is 13.2. The molecule has 1 amide bonds. The van der Waals surface area contributed by atoms with E-state index in [9.17, 15) is 4.79 Å². The number of hydrogen-bond donors (Lipinski definition) is 2. The van der Waals surface area contributed by atoms with Crippen LogP contribution in [0.3, 0.4) is 0 Å². The zero-order valence-corrected chi connectivity index (χ0v) is 16.9. The minimum absolute atomic E-state index is 0.0596. The third kappa shape index (κ3) is 3.84. The minimum Gasteiger partial charge on any atom is -0.497 e. The smallest absolute Gasteiger partial charge is 0.273 e. The first-order valence-corrected chi connectivity index (χ1v) is 9.57. The fourth-order valence-electron chi connectivity index (χ4n) is 3.51. The molecule has 0 bridgehead atoms. The van der Waals surface area contributed by atoms with E-state index >= 15 is 0 Å². The van der Waals surface area contributed by atoms with Crippen LogP contribution in [0, 0.1) is 0 Å². The number of ether oxygens (including phenoxy) is 2. The lowest BCUT2D eigenvalue weighted by atomic mass is 10.0. The molecular formula is C22H23N5O3. The Kier molecular flexibility index (Phi) is 5.38. The van der Waals surface area contributed by atoms with Crippen LogP contribution < -0.4 is 20.5 Å². The van der Waals surface area contributed by atoms with Crippen LogP contribution in [0.1, 0.15) is 21.6 Å². The number of methoxy groups -OCH3 is 2. The zero-order valence-electron chi connectivity index (χ0n) is 16.9. The van der Waals surface area contributed by atoms with E-state index in [4.69, 9.17) is 15.2 Å². The number of aromatic nitrogens is 2. The maximum absolute atomic E-state index is 13.2. The number of para-hydroxylation sites is 1. The first-order chi connectivity index (χ1) is 14.6.